The fourth-order valence-electron chi connectivity index (χ4n) is 1.17. The highest BCUT2D eigenvalue weighted by Gasteiger charge is 2.13. The minimum absolute atomic E-state index is 0.150. The number of nitrogens with two attached hydrogens (primary N) is 1. The maximum atomic E-state index is 11.4. The maximum absolute atomic E-state index is 11.4. The summed E-state index contributed by atoms with van der Waals surface area (Å²) in [6, 6.07) is -0.150. The summed E-state index contributed by atoms with van der Waals surface area (Å²) in [7, 11) is 1.62. The lowest BCUT2D eigenvalue weighted by Crippen LogP contribution is -2.30. The topological polar surface area (TPSA) is 80.0 Å². The van der Waals surface area contributed by atoms with Crippen molar-refractivity contribution in [1.82, 2.24) is 0 Å². The van der Waals surface area contributed by atoms with Crippen molar-refractivity contribution in [2.24, 2.45) is 11.7 Å². The van der Waals surface area contributed by atoms with E-state index in [4.69, 9.17) is 24.7 Å². The van der Waals surface area contributed by atoms with Crippen LogP contribution in [0.25, 0.3) is 0 Å². The van der Waals surface area contributed by atoms with Crippen LogP contribution in [-0.4, -0.2) is 58.8 Å². The van der Waals surface area contributed by atoms with E-state index in [1.807, 2.05) is 13.8 Å². The third-order valence-corrected chi connectivity index (χ3v) is 2.55. The minimum Gasteiger partial charge on any atom is -0.463 e. The first-order valence-electron chi connectivity index (χ1n) is 6.63. The molecule has 0 aromatic carbocycles. The van der Waals surface area contributed by atoms with Gasteiger partial charge >= 0.3 is 5.97 Å². The zero-order valence-corrected chi connectivity index (χ0v) is 12.2. The second-order valence-corrected chi connectivity index (χ2v) is 4.55. The van der Waals surface area contributed by atoms with Crippen molar-refractivity contribution in [3.05, 3.63) is 0 Å². The fraction of sp³-hybridized carbons (Fsp3) is 0.923. The van der Waals surface area contributed by atoms with E-state index in [-0.39, 0.29) is 31.0 Å². The number of rotatable bonds is 12. The van der Waals surface area contributed by atoms with Crippen LogP contribution in [0.15, 0.2) is 0 Å². The van der Waals surface area contributed by atoms with Crippen molar-refractivity contribution >= 4 is 5.97 Å². The van der Waals surface area contributed by atoms with E-state index in [9.17, 15) is 4.79 Å². The zero-order valence-electron chi connectivity index (χ0n) is 12.2. The van der Waals surface area contributed by atoms with Gasteiger partial charge in [0.05, 0.1) is 39.5 Å². The first-order valence-corrected chi connectivity index (χ1v) is 6.63. The Morgan fingerprint density at radius 1 is 1.00 bits per heavy atom. The molecule has 6 nitrogen and oxygen atoms in total. The average Bonchev–Trinajstić information content (AvgIpc) is 2.36. The van der Waals surface area contributed by atoms with Crippen molar-refractivity contribution in [3.63, 3.8) is 0 Å². The summed E-state index contributed by atoms with van der Waals surface area (Å²) in [5.41, 5.74) is 5.77. The van der Waals surface area contributed by atoms with Crippen LogP contribution in [0.5, 0.6) is 0 Å². The second kappa shape index (κ2) is 12.3. The Labute approximate surface area is 115 Å². The lowest BCUT2D eigenvalue weighted by molar-refractivity contribution is -0.146. The van der Waals surface area contributed by atoms with E-state index < -0.39 is 0 Å². The van der Waals surface area contributed by atoms with Crippen LogP contribution < -0.4 is 5.73 Å². The summed E-state index contributed by atoms with van der Waals surface area (Å²) in [4.78, 5) is 11.4. The maximum Gasteiger partial charge on any atom is 0.307 e. The molecule has 0 bridgehead atoms. The molecule has 1 unspecified atom stereocenters. The van der Waals surface area contributed by atoms with E-state index in [0.29, 0.717) is 33.0 Å². The normalized spacial score (nSPS) is 12.7. The number of esters is 1. The van der Waals surface area contributed by atoms with Crippen molar-refractivity contribution in [3.8, 4) is 0 Å². The highest BCUT2D eigenvalue weighted by molar-refractivity contribution is 5.70. The lowest BCUT2D eigenvalue weighted by atomic mass is 10.0. The zero-order chi connectivity index (χ0) is 14.5. The molecule has 0 heterocycles. The Morgan fingerprint density at radius 2 is 1.53 bits per heavy atom. The summed E-state index contributed by atoms with van der Waals surface area (Å²) in [6.07, 6.45) is 0.248. The molecule has 0 amide bonds. The Balaban J connectivity index is 3.27. The van der Waals surface area contributed by atoms with Gasteiger partial charge in [-0.15, -0.1) is 0 Å². The molecule has 0 aromatic heterocycles. The monoisotopic (exact) mass is 277 g/mol. The van der Waals surface area contributed by atoms with Gasteiger partial charge in [0, 0.05) is 13.2 Å². The molecule has 0 radical (unpaired) electrons. The molecule has 2 N–H and O–H groups in total. The van der Waals surface area contributed by atoms with Gasteiger partial charge in [-0.2, -0.15) is 0 Å². The molecule has 114 valence electrons. The number of hydrogen-bond acceptors (Lipinski definition) is 6. The molecule has 0 aliphatic heterocycles. The van der Waals surface area contributed by atoms with Crippen LogP contribution in [0.2, 0.25) is 0 Å². The van der Waals surface area contributed by atoms with Crippen molar-refractivity contribution in [1.29, 1.82) is 0 Å². The van der Waals surface area contributed by atoms with Crippen molar-refractivity contribution in [2.45, 2.75) is 26.3 Å². The summed E-state index contributed by atoms with van der Waals surface area (Å²) >= 11 is 0. The number of ether oxygens (including phenoxy) is 4. The predicted octanol–water partition coefficient (Wildman–Crippen LogP) is 0.583. The summed E-state index contributed by atoms with van der Waals surface area (Å²) in [5.74, 6) is -0.00538. The molecule has 1 atom stereocenters. The van der Waals surface area contributed by atoms with Gasteiger partial charge in [0.25, 0.3) is 0 Å². The third-order valence-electron chi connectivity index (χ3n) is 2.55. The van der Waals surface area contributed by atoms with E-state index in [2.05, 4.69) is 0 Å². The summed E-state index contributed by atoms with van der Waals surface area (Å²) in [5, 5.41) is 0. The van der Waals surface area contributed by atoms with Crippen molar-refractivity contribution < 1.29 is 23.7 Å². The first kappa shape index (κ1) is 18.3. The van der Waals surface area contributed by atoms with Gasteiger partial charge in [0.1, 0.15) is 6.61 Å². The second-order valence-electron chi connectivity index (χ2n) is 4.55. The van der Waals surface area contributed by atoms with Crippen LogP contribution in [0, 0.1) is 5.92 Å². The standard InChI is InChI=1S/C13H27NO5/c1-11(2)12(14)10-13(15)19-9-8-18-7-6-17-5-4-16-3/h11-12H,4-10,14H2,1-3H3. The van der Waals surface area contributed by atoms with Gasteiger partial charge < -0.3 is 24.7 Å². The molecule has 0 aliphatic carbocycles. The first-order chi connectivity index (χ1) is 9.07. The predicted molar refractivity (Wildman–Crippen MR) is 71.9 cm³/mol. The summed E-state index contributed by atoms with van der Waals surface area (Å²) < 4.78 is 20.3. The van der Waals surface area contributed by atoms with E-state index >= 15 is 0 Å². The fourth-order valence-corrected chi connectivity index (χ4v) is 1.17. The number of carbonyl (C=O) groups is 1. The number of hydrogen-bond donors (Lipinski definition) is 1. The number of carbonyl (C=O) groups excluding carboxylic acids is 1. The Morgan fingerprint density at radius 3 is 2.05 bits per heavy atom. The molecular formula is C13H27NO5. The van der Waals surface area contributed by atoms with Crippen molar-refractivity contribution in [2.75, 3.05) is 46.8 Å². The minimum atomic E-state index is -0.277. The average molecular weight is 277 g/mol. The van der Waals surface area contributed by atoms with Gasteiger partial charge in [0.2, 0.25) is 0 Å². The molecule has 0 saturated carbocycles. The molecule has 0 spiro atoms. The van der Waals surface area contributed by atoms with Gasteiger partial charge in [-0.05, 0) is 5.92 Å². The Hall–Kier alpha value is -0.690. The molecule has 6 heteroatoms. The molecule has 19 heavy (non-hydrogen) atoms. The largest absolute Gasteiger partial charge is 0.463 e. The molecule has 0 fully saturated rings. The van der Waals surface area contributed by atoms with E-state index in [1.54, 1.807) is 7.11 Å². The van der Waals surface area contributed by atoms with Gasteiger partial charge in [-0.1, -0.05) is 13.8 Å². The Bertz CT molecular complexity index is 223. The van der Waals surface area contributed by atoms with Crippen LogP contribution in [-0.2, 0) is 23.7 Å². The Kier molecular flexibility index (Phi) is 11.9. The van der Waals surface area contributed by atoms with Gasteiger partial charge in [-0.25, -0.2) is 0 Å². The highest BCUT2D eigenvalue weighted by atomic mass is 16.6. The molecule has 0 aromatic rings. The quantitative estimate of drug-likeness (QED) is 0.415. The van der Waals surface area contributed by atoms with Gasteiger partial charge in [-0.3, -0.25) is 4.79 Å². The summed E-state index contributed by atoms with van der Waals surface area (Å²) in [6.45, 7) is 6.70. The SMILES string of the molecule is COCCOCCOCCOC(=O)CC(N)C(C)C. The highest BCUT2D eigenvalue weighted by Crippen LogP contribution is 2.03. The third kappa shape index (κ3) is 12.1. The lowest BCUT2D eigenvalue weighted by Gasteiger charge is -2.14. The van der Waals surface area contributed by atoms with Crippen LogP contribution >= 0.6 is 0 Å². The molecular weight excluding hydrogens is 250 g/mol. The smallest absolute Gasteiger partial charge is 0.307 e. The van der Waals surface area contributed by atoms with Crippen LogP contribution in [0.4, 0.5) is 0 Å². The van der Waals surface area contributed by atoms with Crippen LogP contribution in [0.3, 0.4) is 0 Å². The molecule has 0 rings (SSSR count). The number of methoxy groups -OCH3 is 1. The molecule has 0 saturated heterocycles. The molecule has 0 aliphatic rings. The van der Waals surface area contributed by atoms with Crippen LogP contribution in [0.1, 0.15) is 20.3 Å². The van der Waals surface area contributed by atoms with E-state index in [1.165, 1.54) is 0 Å². The van der Waals surface area contributed by atoms with Gasteiger partial charge in [0.15, 0.2) is 0 Å². The van der Waals surface area contributed by atoms with E-state index in [0.717, 1.165) is 0 Å².